The summed E-state index contributed by atoms with van der Waals surface area (Å²) in [6, 6.07) is 0. The summed E-state index contributed by atoms with van der Waals surface area (Å²) in [7, 11) is 0. The van der Waals surface area contributed by atoms with Gasteiger partial charge in [-0.3, -0.25) is 0 Å². The average molecular weight is 405 g/mol. The second kappa shape index (κ2) is 18.2. The predicted octanol–water partition coefficient (Wildman–Crippen LogP) is 2.79. The molecule has 1 aliphatic heterocycles. The van der Waals surface area contributed by atoms with Gasteiger partial charge in [-0.15, -0.1) is 0 Å². The summed E-state index contributed by atoms with van der Waals surface area (Å²) >= 11 is 0. The van der Waals surface area contributed by atoms with Gasteiger partial charge in [-0.05, 0) is 19.3 Å². The number of likely N-dealkylation sites (tertiary alicyclic amines) is 1. The van der Waals surface area contributed by atoms with Gasteiger partial charge in [0, 0.05) is 12.3 Å². The van der Waals surface area contributed by atoms with Crippen molar-refractivity contribution < 1.29 is 21.9 Å². The van der Waals surface area contributed by atoms with E-state index in [9.17, 15) is 0 Å². The highest BCUT2D eigenvalue weighted by atomic mass is 79.9. The number of unbranched alkanes of at least 4 members (excludes halogenated alkanes) is 12. The van der Waals surface area contributed by atoms with Crippen LogP contribution in [0.25, 0.3) is 0 Å². The maximum atomic E-state index is 2.31. The first kappa shape index (κ1) is 24.4. The smallest absolute Gasteiger partial charge is 0.0801 e. The molecule has 0 aromatic carbocycles. The lowest BCUT2D eigenvalue weighted by atomic mass is 9.99. The highest BCUT2D eigenvalue weighted by Crippen LogP contribution is 2.16. The molecule has 24 heavy (non-hydrogen) atoms. The largest absolute Gasteiger partial charge is 1.00 e. The van der Waals surface area contributed by atoms with E-state index in [0.29, 0.717) is 0 Å². The van der Waals surface area contributed by atoms with E-state index >= 15 is 0 Å². The molecular weight excluding hydrogens is 358 g/mol. The van der Waals surface area contributed by atoms with E-state index in [1.807, 2.05) is 4.90 Å². The fraction of sp³-hybridized carbons (Fsp3) is 1.00. The Kier molecular flexibility index (Phi) is 18.6. The lowest BCUT2D eigenvalue weighted by molar-refractivity contribution is -0.889. The molecule has 0 radical (unpaired) electrons. The van der Waals surface area contributed by atoms with Crippen LogP contribution in [-0.4, -0.2) is 19.6 Å². The Labute approximate surface area is 164 Å². The Morgan fingerprint density at radius 2 is 1.17 bits per heavy atom. The maximum absolute atomic E-state index is 2.31. The van der Waals surface area contributed by atoms with E-state index in [2.05, 4.69) is 13.8 Å². The lowest BCUT2D eigenvalue weighted by Crippen LogP contribution is -3.10. The molecule has 1 heterocycles. The van der Waals surface area contributed by atoms with E-state index in [1.165, 1.54) is 122 Å². The molecule has 0 amide bonds. The molecule has 0 saturated carbocycles. The average Bonchev–Trinajstić information content (AvgIpc) is 3.01. The van der Waals surface area contributed by atoms with Crippen LogP contribution in [0.3, 0.4) is 0 Å². The fourth-order valence-corrected chi connectivity index (χ4v) is 4.22. The summed E-state index contributed by atoms with van der Waals surface area (Å²) < 4.78 is 0. The van der Waals surface area contributed by atoms with Crippen molar-refractivity contribution in [1.82, 2.24) is 0 Å². The first-order valence-corrected chi connectivity index (χ1v) is 11.2. The number of halogens is 1. The molecule has 0 spiro atoms. The summed E-state index contributed by atoms with van der Waals surface area (Å²) in [5.41, 5.74) is 0. The molecule has 0 aliphatic carbocycles. The minimum Gasteiger partial charge on any atom is -1.00 e. The molecule has 146 valence electrons. The first-order valence-electron chi connectivity index (χ1n) is 11.2. The SMILES string of the molecule is CCCCCCCCCC1CC[NH+](CCCCCCCCC)C1.[Br-]. The van der Waals surface area contributed by atoms with Crippen molar-refractivity contribution >= 4 is 0 Å². The number of quaternary nitrogens is 1. The summed E-state index contributed by atoms with van der Waals surface area (Å²) in [6.45, 7) is 9.03. The zero-order valence-corrected chi connectivity index (χ0v) is 18.5. The molecule has 1 fully saturated rings. The number of hydrogen-bond donors (Lipinski definition) is 1. The summed E-state index contributed by atoms with van der Waals surface area (Å²) in [4.78, 5) is 1.92. The summed E-state index contributed by atoms with van der Waals surface area (Å²) in [5, 5.41) is 0. The van der Waals surface area contributed by atoms with Crippen molar-refractivity contribution in [2.24, 2.45) is 5.92 Å². The van der Waals surface area contributed by atoms with Gasteiger partial charge >= 0.3 is 0 Å². The number of rotatable bonds is 16. The van der Waals surface area contributed by atoms with E-state index in [0.717, 1.165) is 5.92 Å². The molecule has 0 aromatic heterocycles. The number of nitrogens with one attached hydrogen (secondary N) is 1. The van der Waals surface area contributed by atoms with Crippen molar-refractivity contribution in [2.45, 2.75) is 117 Å². The highest BCUT2D eigenvalue weighted by molar-refractivity contribution is 4.63. The topological polar surface area (TPSA) is 4.44 Å². The molecule has 2 heteroatoms. The molecule has 1 N–H and O–H groups in total. The molecule has 2 atom stereocenters. The molecule has 0 bridgehead atoms. The highest BCUT2D eigenvalue weighted by Gasteiger charge is 2.24. The van der Waals surface area contributed by atoms with Gasteiger partial charge in [0.15, 0.2) is 0 Å². The third-order valence-electron chi connectivity index (χ3n) is 5.83. The van der Waals surface area contributed by atoms with E-state index < -0.39 is 0 Å². The normalized spacial score (nSPS) is 20.2. The molecule has 1 saturated heterocycles. The van der Waals surface area contributed by atoms with Crippen LogP contribution in [0, 0.1) is 5.92 Å². The Balaban J connectivity index is 0.00000529. The van der Waals surface area contributed by atoms with Crippen LogP contribution >= 0.6 is 0 Å². The molecule has 1 aliphatic rings. The van der Waals surface area contributed by atoms with Crippen LogP contribution in [0.15, 0.2) is 0 Å². The van der Waals surface area contributed by atoms with Crippen LogP contribution in [0.2, 0.25) is 0 Å². The van der Waals surface area contributed by atoms with E-state index in [-0.39, 0.29) is 17.0 Å². The van der Waals surface area contributed by atoms with Gasteiger partial charge in [-0.2, -0.15) is 0 Å². The van der Waals surface area contributed by atoms with Crippen LogP contribution in [0.5, 0.6) is 0 Å². The van der Waals surface area contributed by atoms with Crippen LogP contribution in [0.4, 0.5) is 0 Å². The molecular formula is C22H46BrN. The van der Waals surface area contributed by atoms with Gasteiger partial charge in [-0.1, -0.05) is 90.9 Å². The van der Waals surface area contributed by atoms with Crippen LogP contribution in [0.1, 0.15) is 117 Å². The predicted molar refractivity (Wildman–Crippen MR) is 104 cm³/mol. The third kappa shape index (κ3) is 13.7. The quantitative estimate of drug-likeness (QED) is 0.378. The van der Waals surface area contributed by atoms with E-state index in [4.69, 9.17) is 0 Å². The number of hydrogen-bond acceptors (Lipinski definition) is 0. The standard InChI is InChI=1S/C22H45N.BrH/c1-3-5-7-9-11-13-15-17-22-18-20-23(21-22)19-16-14-12-10-8-6-4-2;/h22H,3-21H2,1-2H3;1H. The minimum absolute atomic E-state index is 0. The van der Waals surface area contributed by atoms with Crippen molar-refractivity contribution in [1.29, 1.82) is 0 Å². The van der Waals surface area contributed by atoms with Crippen molar-refractivity contribution in [2.75, 3.05) is 19.6 Å². The molecule has 2 unspecified atom stereocenters. The van der Waals surface area contributed by atoms with Crippen molar-refractivity contribution in [3.63, 3.8) is 0 Å². The van der Waals surface area contributed by atoms with Gasteiger partial charge in [0.25, 0.3) is 0 Å². The monoisotopic (exact) mass is 403 g/mol. The van der Waals surface area contributed by atoms with Gasteiger partial charge in [-0.25, -0.2) is 0 Å². The Morgan fingerprint density at radius 3 is 1.75 bits per heavy atom. The second-order valence-corrected chi connectivity index (χ2v) is 8.14. The molecule has 1 nitrogen and oxygen atoms in total. The zero-order chi connectivity index (χ0) is 16.6. The summed E-state index contributed by atoms with van der Waals surface area (Å²) in [5.74, 6) is 1.06. The van der Waals surface area contributed by atoms with Gasteiger partial charge in [0.05, 0.1) is 19.6 Å². The second-order valence-electron chi connectivity index (χ2n) is 8.14. The summed E-state index contributed by atoms with van der Waals surface area (Å²) in [6.07, 6.45) is 23.5. The molecule has 1 rings (SSSR count). The minimum atomic E-state index is 0. The van der Waals surface area contributed by atoms with Crippen LogP contribution in [-0.2, 0) is 0 Å². The Morgan fingerprint density at radius 1 is 0.667 bits per heavy atom. The maximum Gasteiger partial charge on any atom is 0.0801 e. The molecule has 0 aromatic rings. The van der Waals surface area contributed by atoms with Crippen LogP contribution < -0.4 is 21.9 Å². The van der Waals surface area contributed by atoms with Gasteiger partial charge in [0.2, 0.25) is 0 Å². The van der Waals surface area contributed by atoms with Crippen molar-refractivity contribution in [3.8, 4) is 0 Å². The zero-order valence-electron chi connectivity index (χ0n) is 16.9. The van der Waals surface area contributed by atoms with E-state index in [1.54, 1.807) is 0 Å². The van der Waals surface area contributed by atoms with Gasteiger partial charge in [0.1, 0.15) is 0 Å². The van der Waals surface area contributed by atoms with Crippen molar-refractivity contribution in [3.05, 3.63) is 0 Å². The lowest BCUT2D eigenvalue weighted by Gasteiger charge is -2.13. The fourth-order valence-electron chi connectivity index (χ4n) is 4.22. The first-order chi connectivity index (χ1) is 11.4. The third-order valence-corrected chi connectivity index (χ3v) is 5.83. The Hall–Kier alpha value is 0.440. The Bertz CT molecular complexity index is 220. The van der Waals surface area contributed by atoms with Gasteiger partial charge < -0.3 is 21.9 Å².